The topological polar surface area (TPSA) is 87.7 Å². The molecule has 1 atom stereocenters. The molecule has 0 radical (unpaired) electrons. The number of hydrogen-bond acceptors (Lipinski definition) is 4. The van der Waals surface area contributed by atoms with Gasteiger partial charge in [-0.3, -0.25) is 14.5 Å². The number of amides is 4. The normalized spacial score (nSPS) is 17.2. The number of ether oxygens (including phenoxy) is 1. The number of rotatable bonds is 6. The Morgan fingerprint density at radius 3 is 2.60 bits per heavy atom. The van der Waals surface area contributed by atoms with Crippen LogP contribution in [0.3, 0.4) is 0 Å². The number of benzene rings is 1. The van der Waals surface area contributed by atoms with E-state index in [1.165, 1.54) is 0 Å². The highest BCUT2D eigenvalue weighted by Gasteiger charge is 2.43. The molecule has 1 fully saturated rings. The van der Waals surface area contributed by atoms with Crippen LogP contribution in [0, 0.1) is 0 Å². The Bertz CT molecular complexity index is 705. The summed E-state index contributed by atoms with van der Waals surface area (Å²) in [5.41, 5.74) is -0.00639. The summed E-state index contributed by atoms with van der Waals surface area (Å²) in [7, 11) is 1.59. The van der Waals surface area contributed by atoms with Gasteiger partial charge < -0.3 is 15.4 Å². The van der Waals surface area contributed by atoms with E-state index in [9.17, 15) is 14.4 Å². The summed E-state index contributed by atoms with van der Waals surface area (Å²) >= 11 is 3.41. The van der Waals surface area contributed by atoms with Gasteiger partial charge in [-0.2, -0.15) is 0 Å². The Morgan fingerprint density at radius 1 is 1.40 bits per heavy atom. The molecule has 1 saturated heterocycles. The van der Waals surface area contributed by atoms with E-state index in [4.69, 9.17) is 4.74 Å². The van der Waals surface area contributed by atoms with Crippen molar-refractivity contribution >= 4 is 33.8 Å². The molecular formula is C17H22BrN3O4. The van der Waals surface area contributed by atoms with Crippen molar-refractivity contribution in [3.05, 3.63) is 28.2 Å². The smallest absolute Gasteiger partial charge is 0.325 e. The standard InChI is InChI=1S/C17H22BrN3O4/c1-10(11-5-6-13(25-4)12(18)9-11)19-14(22)7-8-21-15(23)17(2,3)20-16(21)24/h5-6,9-10H,7-8H2,1-4H3,(H,19,22)(H,20,24)/t10-/m1/s1. The summed E-state index contributed by atoms with van der Waals surface area (Å²) < 4.78 is 5.98. The highest BCUT2D eigenvalue weighted by Crippen LogP contribution is 2.28. The summed E-state index contributed by atoms with van der Waals surface area (Å²) in [5.74, 6) is 0.158. The highest BCUT2D eigenvalue weighted by molar-refractivity contribution is 9.10. The Morgan fingerprint density at radius 2 is 2.08 bits per heavy atom. The van der Waals surface area contributed by atoms with Crippen LogP contribution in [0.2, 0.25) is 0 Å². The summed E-state index contributed by atoms with van der Waals surface area (Å²) in [6.45, 7) is 5.19. The molecule has 136 valence electrons. The average molecular weight is 412 g/mol. The quantitative estimate of drug-likeness (QED) is 0.703. The largest absolute Gasteiger partial charge is 0.496 e. The molecule has 4 amide bonds. The summed E-state index contributed by atoms with van der Waals surface area (Å²) in [6, 6.07) is 4.89. The van der Waals surface area contributed by atoms with Gasteiger partial charge in [0, 0.05) is 13.0 Å². The molecule has 0 aromatic heterocycles. The van der Waals surface area contributed by atoms with Crippen molar-refractivity contribution in [1.29, 1.82) is 0 Å². The lowest BCUT2D eigenvalue weighted by atomic mass is 10.1. The van der Waals surface area contributed by atoms with Gasteiger partial charge >= 0.3 is 6.03 Å². The van der Waals surface area contributed by atoms with Crippen LogP contribution in [-0.4, -0.2) is 41.9 Å². The maximum absolute atomic E-state index is 12.1. The van der Waals surface area contributed by atoms with E-state index >= 15 is 0 Å². The summed E-state index contributed by atoms with van der Waals surface area (Å²) in [5, 5.41) is 5.45. The molecule has 1 aromatic rings. The first kappa shape index (κ1) is 19.2. The first-order chi connectivity index (χ1) is 11.7. The van der Waals surface area contributed by atoms with Crippen LogP contribution < -0.4 is 15.4 Å². The Labute approximate surface area is 155 Å². The minimum Gasteiger partial charge on any atom is -0.496 e. The van der Waals surface area contributed by atoms with Crippen molar-refractivity contribution in [2.45, 2.75) is 38.8 Å². The number of imide groups is 1. The van der Waals surface area contributed by atoms with E-state index in [1.54, 1.807) is 21.0 Å². The van der Waals surface area contributed by atoms with Crippen LogP contribution in [0.1, 0.15) is 38.8 Å². The van der Waals surface area contributed by atoms with Gasteiger partial charge in [0.15, 0.2) is 0 Å². The lowest BCUT2D eigenvalue weighted by Gasteiger charge is -2.18. The molecule has 1 aliphatic heterocycles. The van der Waals surface area contributed by atoms with Gasteiger partial charge in [-0.05, 0) is 54.4 Å². The molecule has 2 rings (SSSR count). The predicted octanol–water partition coefficient (Wildman–Crippen LogP) is 2.36. The average Bonchev–Trinajstić information content (AvgIpc) is 2.73. The van der Waals surface area contributed by atoms with Crippen LogP contribution in [0.25, 0.3) is 0 Å². The fourth-order valence-corrected chi connectivity index (χ4v) is 3.14. The third-order valence-electron chi connectivity index (χ3n) is 4.06. The van der Waals surface area contributed by atoms with E-state index in [0.717, 1.165) is 14.9 Å². The van der Waals surface area contributed by atoms with E-state index in [2.05, 4.69) is 26.6 Å². The summed E-state index contributed by atoms with van der Waals surface area (Å²) in [6.07, 6.45) is 0.0525. The molecule has 2 N–H and O–H groups in total. The van der Waals surface area contributed by atoms with E-state index in [1.807, 2.05) is 25.1 Å². The van der Waals surface area contributed by atoms with Gasteiger partial charge in [0.05, 0.1) is 17.6 Å². The molecule has 1 aromatic carbocycles. The van der Waals surface area contributed by atoms with E-state index in [-0.39, 0.29) is 30.8 Å². The lowest BCUT2D eigenvalue weighted by Crippen LogP contribution is -2.40. The highest BCUT2D eigenvalue weighted by atomic mass is 79.9. The SMILES string of the molecule is COc1ccc([C@@H](C)NC(=O)CCN2C(=O)NC(C)(C)C2=O)cc1Br. The van der Waals surface area contributed by atoms with Crippen molar-refractivity contribution in [3.63, 3.8) is 0 Å². The number of nitrogens with zero attached hydrogens (tertiary/aromatic N) is 1. The molecule has 1 heterocycles. The van der Waals surface area contributed by atoms with Crippen LogP contribution >= 0.6 is 15.9 Å². The van der Waals surface area contributed by atoms with Gasteiger partial charge in [0.1, 0.15) is 11.3 Å². The second-order valence-electron chi connectivity index (χ2n) is 6.45. The molecule has 0 spiro atoms. The number of halogens is 1. The minimum atomic E-state index is -0.920. The van der Waals surface area contributed by atoms with Gasteiger partial charge in [-0.1, -0.05) is 6.07 Å². The van der Waals surface area contributed by atoms with Crippen molar-refractivity contribution in [3.8, 4) is 5.75 Å². The Kier molecular flexibility index (Phi) is 5.72. The Balaban J connectivity index is 1.91. The first-order valence-corrected chi connectivity index (χ1v) is 8.72. The molecule has 7 nitrogen and oxygen atoms in total. The molecular weight excluding hydrogens is 390 g/mol. The van der Waals surface area contributed by atoms with Crippen molar-refractivity contribution in [2.24, 2.45) is 0 Å². The summed E-state index contributed by atoms with van der Waals surface area (Å²) in [4.78, 5) is 37.1. The molecule has 8 heteroatoms. The maximum atomic E-state index is 12.1. The number of hydrogen-bond donors (Lipinski definition) is 2. The first-order valence-electron chi connectivity index (χ1n) is 7.92. The molecule has 0 bridgehead atoms. The van der Waals surface area contributed by atoms with Gasteiger partial charge in [-0.15, -0.1) is 0 Å². The number of carbonyl (C=O) groups excluding carboxylic acids is 3. The second-order valence-corrected chi connectivity index (χ2v) is 7.30. The maximum Gasteiger partial charge on any atom is 0.325 e. The van der Waals surface area contributed by atoms with Gasteiger partial charge in [0.2, 0.25) is 5.91 Å². The van der Waals surface area contributed by atoms with Gasteiger partial charge in [0.25, 0.3) is 5.91 Å². The molecule has 0 saturated carbocycles. The predicted molar refractivity (Wildman–Crippen MR) is 96.2 cm³/mol. The van der Waals surface area contributed by atoms with Crippen molar-refractivity contribution < 1.29 is 19.1 Å². The molecule has 25 heavy (non-hydrogen) atoms. The second kappa shape index (κ2) is 7.43. The van der Waals surface area contributed by atoms with Gasteiger partial charge in [-0.25, -0.2) is 4.79 Å². The monoisotopic (exact) mass is 411 g/mol. The zero-order valence-electron chi connectivity index (χ0n) is 14.7. The van der Waals surface area contributed by atoms with Crippen molar-refractivity contribution in [2.75, 3.05) is 13.7 Å². The third kappa shape index (κ3) is 4.31. The number of urea groups is 1. The van der Waals surface area contributed by atoms with Crippen LogP contribution in [0.4, 0.5) is 4.79 Å². The molecule has 1 aliphatic rings. The van der Waals surface area contributed by atoms with Crippen LogP contribution in [-0.2, 0) is 9.59 Å². The number of methoxy groups -OCH3 is 1. The van der Waals surface area contributed by atoms with E-state index in [0.29, 0.717) is 5.75 Å². The molecule has 0 unspecified atom stereocenters. The lowest BCUT2D eigenvalue weighted by molar-refractivity contribution is -0.130. The number of nitrogens with one attached hydrogen (secondary N) is 2. The molecule has 0 aliphatic carbocycles. The zero-order valence-corrected chi connectivity index (χ0v) is 16.3. The minimum absolute atomic E-state index is 0.0525. The fraction of sp³-hybridized carbons (Fsp3) is 0.471. The number of carbonyl (C=O) groups is 3. The zero-order chi connectivity index (χ0) is 18.8. The van der Waals surface area contributed by atoms with Crippen LogP contribution in [0.15, 0.2) is 22.7 Å². The fourth-order valence-electron chi connectivity index (χ4n) is 2.58. The Hall–Kier alpha value is -2.09. The van der Waals surface area contributed by atoms with E-state index < -0.39 is 11.6 Å². The van der Waals surface area contributed by atoms with Crippen molar-refractivity contribution in [1.82, 2.24) is 15.5 Å². The van der Waals surface area contributed by atoms with Crippen LogP contribution in [0.5, 0.6) is 5.75 Å². The third-order valence-corrected chi connectivity index (χ3v) is 4.68.